The van der Waals surface area contributed by atoms with Gasteiger partial charge in [-0.15, -0.1) is 0 Å². The van der Waals surface area contributed by atoms with Crippen LogP contribution in [0.15, 0.2) is 66.7 Å². The Morgan fingerprint density at radius 2 is 1.35 bits per heavy atom. The zero-order valence-electron chi connectivity index (χ0n) is 21.9. The number of para-hydroxylation sites is 1. The second-order valence-corrected chi connectivity index (χ2v) is 11.9. The van der Waals surface area contributed by atoms with Crippen molar-refractivity contribution in [2.45, 2.75) is 78.3 Å². The van der Waals surface area contributed by atoms with Crippen LogP contribution in [0.3, 0.4) is 0 Å². The molecule has 1 N–H and O–H groups in total. The molecule has 0 bridgehead atoms. The lowest BCUT2D eigenvalue weighted by Crippen LogP contribution is -2.43. The summed E-state index contributed by atoms with van der Waals surface area (Å²) in [6, 6.07) is 23.1. The molecule has 1 aliphatic heterocycles. The molecule has 0 saturated heterocycles. The SMILES string of the molecule is CC(C)c1ccc(N2C(=O)c3ccccc3NC2c2cc(C(C)(C)C)cc(C(C)(C)C)c2)cc1. The van der Waals surface area contributed by atoms with Gasteiger partial charge in [0.25, 0.3) is 5.91 Å². The van der Waals surface area contributed by atoms with Gasteiger partial charge in [-0.25, -0.2) is 0 Å². The predicted molar refractivity (Wildman–Crippen MR) is 144 cm³/mol. The maximum atomic E-state index is 13.9. The van der Waals surface area contributed by atoms with E-state index in [2.05, 4.69) is 103 Å². The van der Waals surface area contributed by atoms with Crippen molar-refractivity contribution in [2.24, 2.45) is 0 Å². The van der Waals surface area contributed by atoms with Crippen molar-refractivity contribution < 1.29 is 4.79 Å². The highest BCUT2D eigenvalue weighted by Gasteiger charge is 2.35. The van der Waals surface area contributed by atoms with Crippen LogP contribution in [0.2, 0.25) is 0 Å². The number of anilines is 2. The Hall–Kier alpha value is -3.07. The summed E-state index contributed by atoms with van der Waals surface area (Å²) >= 11 is 0. The molecule has 4 rings (SSSR count). The van der Waals surface area contributed by atoms with Gasteiger partial charge in [0, 0.05) is 11.4 Å². The minimum absolute atomic E-state index is 0.00364. The summed E-state index contributed by atoms with van der Waals surface area (Å²) in [5.41, 5.74) is 7.40. The molecule has 1 heterocycles. The van der Waals surface area contributed by atoms with Gasteiger partial charge in [-0.2, -0.15) is 0 Å². The first-order chi connectivity index (χ1) is 15.9. The van der Waals surface area contributed by atoms with Gasteiger partial charge in [0.1, 0.15) is 6.17 Å². The normalized spacial score (nSPS) is 16.4. The van der Waals surface area contributed by atoms with Gasteiger partial charge in [0.15, 0.2) is 0 Å². The number of nitrogens with zero attached hydrogens (tertiary/aromatic N) is 1. The van der Waals surface area contributed by atoms with Crippen molar-refractivity contribution in [2.75, 3.05) is 10.2 Å². The lowest BCUT2D eigenvalue weighted by atomic mass is 9.79. The first-order valence-corrected chi connectivity index (χ1v) is 12.3. The molecule has 0 spiro atoms. The Bertz CT molecular complexity index is 1160. The number of benzene rings is 3. The largest absolute Gasteiger partial charge is 0.360 e. The molecule has 0 radical (unpaired) electrons. The van der Waals surface area contributed by atoms with Crippen LogP contribution >= 0.6 is 0 Å². The van der Waals surface area contributed by atoms with E-state index in [4.69, 9.17) is 0 Å². The van der Waals surface area contributed by atoms with E-state index in [1.165, 1.54) is 16.7 Å². The summed E-state index contributed by atoms with van der Waals surface area (Å²) in [5.74, 6) is 0.466. The fourth-order valence-corrected chi connectivity index (χ4v) is 4.45. The molecule has 0 saturated carbocycles. The number of rotatable bonds is 3. The molecule has 0 fully saturated rings. The molecule has 1 atom stereocenters. The maximum absolute atomic E-state index is 13.9. The highest BCUT2D eigenvalue weighted by atomic mass is 16.2. The van der Waals surface area contributed by atoms with E-state index in [-0.39, 0.29) is 22.9 Å². The molecule has 0 aromatic heterocycles. The summed E-state index contributed by atoms with van der Waals surface area (Å²) in [6.45, 7) is 17.9. The summed E-state index contributed by atoms with van der Waals surface area (Å²) < 4.78 is 0. The topological polar surface area (TPSA) is 32.3 Å². The third kappa shape index (κ3) is 4.61. The molecule has 3 aromatic carbocycles. The molecule has 1 unspecified atom stereocenters. The standard InChI is InChI=1S/C31H38N2O/c1-20(2)21-13-15-25(16-14-21)33-28(32-27-12-10-9-11-26(27)29(33)34)22-17-23(30(3,4)5)19-24(18-22)31(6,7)8/h9-20,28,32H,1-8H3. The molecular weight excluding hydrogens is 416 g/mol. The first kappa shape index (κ1) is 24.1. The molecule has 0 aliphatic carbocycles. The highest BCUT2D eigenvalue weighted by Crippen LogP contribution is 2.40. The van der Waals surface area contributed by atoms with Gasteiger partial charge in [-0.05, 0) is 63.3 Å². The smallest absolute Gasteiger partial charge is 0.262 e. The molecule has 1 aliphatic rings. The van der Waals surface area contributed by atoms with Gasteiger partial charge < -0.3 is 5.32 Å². The van der Waals surface area contributed by atoms with E-state index in [1.807, 2.05) is 29.2 Å². The van der Waals surface area contributed by atoms with Gasteiger partial charge in [0.05, 0.1) is 5.56 Å². The molecular formula is C31H38N2O. The third-order valence-electron chi connectivity index (χ3n) is 6.77. The maximum Gasteiger partial charge on any atom is 0.262 e. The number of nitrogens with one attached hydrogen (secondary N) is 1. The van der Waals surface area contributed by atoms with Crippen molar-refractivity contribution >= 4 is 17.3 Å². The number of carbonyl (C=O) groups is 1. The van der Waals surface area contributed by atoms with Crippen LogP contribution in [0.1, 0.15) is 100 Å². The summed E-state index contributed by atoms with van der Waals surface area (Å²) in [4.78, 5) is 15.8. The Kier molecular flexibility index (Phi) is 6.10. The van der Waals surface area contributed by atoms with Crippen LogP contribution in [0.25, 0.3) is 0 Å². The Balaban J connectivity index is 1.91. The van der Waals surface area contributed by atoms with E-state index >= 15 is 0 Å². The number of fused-ring (bicyclic) bond motifs is 1. The molecule has 3 heteroatoms. The minimum Gasteiger partial charge on any atom is -0.360 e. The Labute approximate surface area is 205 Å². The van der Waals surface area contributed by atoms with E-state index in [1.54, 1.807) is 0 Å². The van der Waals surface area contributed by atoms with E-state index in [0.717, 1.165) is 16.9 Å². The number of hydrogen-bond donors (Lipinski definition) is 1. The number of amides is 1. The minimum atomic E-state index is -0.296. The molecule has 3 aromatic rings. The van der Waals surface area contributed by atoms with Crippen LogP contribution in [-0.2, 0) is 10.8 Å². The molecule has 3 nitrogen and oxygen atoms in total. The number of carbonyl (C=O) groups excluding carboxylic acids is 1. The lowest BCUT2D eigenvalue weighted by Gasteiger charge is -2.39. The summed E-state index contributed by atoms with van der Waals surface area (Å²) in [5, 5.41) is 3.69. The zero-order valence-corrected chi connectivity index (χ0v) is 21.9. The lowest BCUT2D eigenvalue weighted by molar-refractivity contribution is 0.0975. The zero-order chi connectivity index (χ0) is 24.8. The second kappa shape index (κ2) is 8.61. The van der Waals surface area contributed by atoms with E-state index in [9.17, 15) is 4.79 Å². The molecule has 34 heavy (non-hydrogen) atoms. The van der Waals surface area contributed by atoms with Gasteiger partial charge in [-0.3, -0.25) is 9.69 Å². The molecule has 178 valence electrons. The Morgan fingerprint density at radius 3 is 1.88 bits per heavy atom. The van der Waals surface area contributed by atoms with Crippen LogP contribution in [-0.4, -0.2) is 5.91 Å². The van der Waals surface area contributed by atoms with Gasteiger partial charge in [0.2, 0.25) is 0 Å². The fraction of sp³-hybridized carbons (Fsp3) is 0.387. The van der Waals surface area contributed by atoms with Gasteiger partial charge >= 0.3 is 0 Å². The van der Waals surface area contributed by atoms with Crippen LogP contribution in [0.5, 0.6) is 0 Å². The van der Waals surface area contributed by atoms with Gasteiger partial charge in [-0.1, -0.05) is 97.9 Å². The fourth-order valence-electron chi connectivity index (χ4n) is 4.45. The average molecular weight is 455 g/mol. The summed E-state index contributed by atoms with van der Waals surface area (Å²) in [6.07, 6.45) is -0.296. The Morgan fingerprint density at radius 1 is 0.794 bits per heavy atom. The summed E-state index contributed by atoms with van der Waals surface area (Å²) in [7, 11) is 0. The van der Waals surface area contributed by atoms with Crippen molar-refractivity contribution in [1.29, 1.82) is 0 Å². The number of hydrogen-bond acceptors (Lipinski definition) is 2. The second-order valence-electron chi connectivity index (χ2n) is 11.9. The van der Waals surface area contributed by atoms with E-state index < -0.39 is 0 Å². The molecule has 1 amide bonds. The highest BCUT2D eigenvalue weighted by molar-refractivity contribution is 6.12. The van der Waals surface area contributed by atoms with Crippen LogP contribution < -0.4 is 10.2 Å². The monoisotopic (exact) mass is 454 g/mol. The predicted octanol–water partition coefficient (Wildman–Crippen LogP) is 8.18. The van der Waals surface area contributed by atoms with E-state index in [0.29, 0.717) is 11.5 Å². The van der Waals surface area contributed by atoms with Crippen molar-refractivity contribution in [3.05, 3.63) is 94.5 Å². The quantitative estimate of drug-likeness (QED) is 0.433. The van der Waals surface area contributed by atoms with Crippen LogP contribution in [0, 0.1) is 0 Å². The van der Waals surface area contributed by atoms with Crippen molar-refractivity contribution in [3.63, 3.8) is 0 Å². The van der Waals surface area contributed by atoms with Crippen molar-refractivity contribution in [1.82, 2.24) is 0 Å². The third-order valence-corrected chi connectivity index (χ3v) is 6.77. The van der Waals surface area contributed by atoms with Crippen LogP contribution in [0.4, 0.5) is 11.4 Å². The van der Waals surface area contributed by atoms with Crippen molar-refractivity contribution in [3.8, 4) is 0 Å². The average Bonchev–Trinajstić information content (AvgIpc) is 2.77. The first-order valence-electron chi connectivity index (χ1n) is 12.3.